The lowest BCUT2D eigenvalue weighted by atomic mass is 9.87. The van der Waals surface area contributed by atoms with Crippen molar-refractivity contribution < 1.29 is 22.7 Å². The van der Waals surface area contributed by atoms with Gasteiger partial charge in [0.15, 0.2) is 0 Å². The van der Waals surface area contributed by atoms with Crippen LogP contribution in [0.15, 0.2) is 58.0 Å². The Balaban J connectivity index is 1.65. The predicted molar refractivity (Wildman–Crippen MR) is 122 cm³/mol. The summed E-state index contributed by atoms with van der Waals surface area (Å²) in [5.41, 5.74) is 3.31. The molecule has 3 rings (SSSR count). The molecule has 0 aliphatic carbocycles. The molecule has 0 bridgehead atoms. The van der Waals surface area contributed by atoms with Gasteiger partial charge in [-0.1, -0.05) is 45.9 Å². The van der Waals surface area contributed by atoms with Gasteiger partial charge in [-0.3, -0.25) is 0 Å². The van der Waals surface area contributed by atoms with Crippen LogP contribution in [0.5, 0.6) is 0 Å². The van der Waals surface area contributed by atoms with Gasteiger partial charge in [0.05, 0.1) is 16.2 Å². The lowest BCUT2D eigenvalue weighted by molar-refractivity contribution is 0.0695. The molecule has 0 aliphatic heterocycles. The van der Waals surface area contributed by atoms with Gasteiger partial charge in [0.1, 0.15) is 6.26 Å². The highest BCUT2D eigenvalue weighted by Gasteiger charge is 2.19. The molecule has 0 aliphatic rings. The van der Waals surface area contributed by atoms with Crippen LogP contribution in [-0.4, -0.2) is 31.0 Å². The number of aryl methyl sites for hydroxylation is 1. The van der Waals surface area contributed by atoms with E-state index in [-0.39, 0.29) is 22.4 Å². The SMILES string of the molecule is CCc1ccc(S(=O)(=O)NCCc2coc(-c3ccc(C(C)(C)C)cc3)n2)cc1C(=O)O. The van der Waals surface area contributed by atoms with Gasteiger partial charge in [0.2, 0.25) is 15.9 Å². The highest BCUT2D eigenvalue weighted by atomic mass is 32.2. The molecular weight excluding hydrogens is 428 g/mol. The number of carbonyl (C=O) groups is 1. The number of aromatic nitrogens is 1. The Morgan fingerprint density at radius 3 is 2.41 bits per heavy atom. The van der Waals surface area contributed by atoms with Crippen molar-refractivity contribution in [1.82, 2.24) is 9.71 Å². The number of oxazole rings is 1. The van der Waals surface area contributed by atoms with Gasteiger partial charge in [-0.05, 0) is 47.2 Å². The minimum absolute atomic E-state index is 0.00556. The molecule has 2 N–H and O–H groups in total. The third kappa shape index (κ3) is 5.44. The summed E-state index contributed by atoms with van der Waals surface area (Å²) in [7, 11) is -3.85. The summed E-state index contributed by atoms with van der Waals surface area (Å²) in [5, 5.41) is 9.33. The van der Waals surface area contributed by atoms with Crippen LogP contribution in [0.25, 0.3) is 11.5 Å². The third-order valence-electron chi connectivity index (χ3n) is 5.23. The first-order chi connectivity index (χ1) is 15.0. The molecule has 8 heteroatoms. The third-order valence-corrected chi connectivity index (χ3v) is 6.68. The number of rotatable bonds is 8. The maximum atomic E-state index is 12.6. The van der Waals surface area contributed by atoms with E-state index in [1.807, 2.05) is 31.2 Å². The highest BCUT2D eigenvalue weighted by Crippen LogP contribution is 2.26. The number of nitrogens with one attached hydrogen (secondary N) is 1. The lowest BCUT2D eigenvalue weighted by Crippen LogP contribution is -2.26. The predicted octanol–water partition coefficient (Wildman–Crippen LogP) is 4.42. The molecule has 170 valence electrons. The smallest absolute Gasteiger partial charge is 0.336 e. The largest absolute Gasteiger partial charge is 0.478 e. The van der Waals surface area contributed by atoms with Crippen molar-refractivity contribution in [1.29, 1.82) is 0 Å². The zero-order valence-corrected chi connectivity index (χ0v) is 19.5. The average molecular weight is 457 g/mol. The molecule has 32 heavy (non-hydrogen) atoms. The van der Waals surface area contributed by atoms with Crippen molar-refractivity contribution in [2.24, 2.45) is 0 Å². The topological polar surface area (TPSA) is 110 Å². The van der Waals surface area contributed by atoms with E-state index in [0.717, 1.165) is 5.56 Å². The first-order valence-electron chi connectivity index (χ1n) is 10.4. The fourth-order valence-corrected chi connectivity index (χ4v) is 4.35. The lowest BCUT2D eigenvalue weighted by Gasteiger charge is -2.18. The zero-order valence-electron chi connectivity index (χ0n) is 18.7. The summed E-state index contributed by atoms with van der Waals surface area (Å²) in [6.07, 6.45) is 2.35. The summed E-state index contributed by atoms with van der Waals surface area (Å²) >= 11 is 0. The van der Waals surface area contributed by atoms with Crippen LogP contribution in [0.1, 0.15) is 54.9 Å². The number of carboxylic acid groups (broad SMARTS) is 1. The fraction of sp³-hybridized carbons (Fsp3) is 0.333. The van der Waals surface area contributed by atoms with Crippen molar-refractivity contribution in [3.8, 4) is 11.5 Å². The number of benzene rings is 2. The molecule has 0 amide bonds. The molecule has 0 saturated carbocycles. The second-order valence-corrected chi connectivity index (χ2v) is 10.4. The molecule has 0 saturated heterocycles. The minimum Gasteiger partial charge on any atom is -0.478 e. The van der Waals surface area contributed by atoms with Crippen LogP contribution in [0, 0.1) is 0 Å². The molecule has 3 aromatic rings. The van der Waals surface area contributed by atoms with Gasteiger partial charge < -0.3 is 9.52 Å². The molecule has 0 radical (unpaired) electrons. The van der Waals surface area contributed by atoms with E-state index < -0.39 is 16.0 Å². The van der Waals surface area contributed by atoms with Crippen LogP contribution < -0.4 is 4.72 Å². The Labute approximate surface area is 188 Å². The van der Waals surface area contributed by atoms with Crippen molar-refractivity contribution in [2.75, 3.05) is 6.54 Å². The van der Waals surface area contributed by atoms with Gasteiger partial charge in [0, 0.05) is 18.5 Å². The molecule has 1 aromatic heterocycles. The molecule has 0 fully saturated rings. The first kappa shape index (κ1) is 23.7. The van der Waals surface area contributed by atoms with Crippen LogP contribution in [0.3, 0.4) is 0 Å². The number of carboxylic acids is 1. The van der Waals surface area contributed by atoms with Gasteiger partial charge in [-0.2, -0.15) is 0 Å². The molecule has 2 aromatic carbocycles. The van der Waals surface area contributed by atoms with E-state index in [4.69, 9.17) is 4.42 Å². The van der Waals surface area contributed by atoms with Crippen molar-refractivity contribution in [3.05, 3.63) is 71.1 Å². The Morgan fingerprint density at radius 2 is 1.81 bits per heavy atom. The van der Waals surface area contributed by atoms with Gasteiger partial charge in [-0.25, -0.2) is 22.9 Å². The van der Waals surface area contributed by atoms with Crippen LogP contribution in [-0.2, 0) is 28.3 Å². The zero-order chi connectivity index (χ0) is 23.5. The van der Waals surface area contributed by atoms with Crippen molar-refractivity contribution in [3.63, 3.8) is 0 Å². The molecule has 1 heterocycles. The van der Waals surface area contributed by atoms with Gasteiger partial charge in [-0.15, -0.1) is 0 Å². The van der Waals surface area contributed by atoms with E-state index >= 15 is 0 Å². The second-order valence-electron chi connectivity index (χ2n) is 8.60. The van der Waals surface area contributed by atoms with Gasteiger partial charge >= 0.3 is 5.97 Å². The van der Waals surface area contributed by atoms with Gasteiger partial charge in [0.25, 0.3) is 0 Å². The van der Waals surface area contributed by atoms with E-state index in [2.05, 4.69) is 30.5 Å². The van der Waals surface area contributed by atoms with Crippen LogP contribution in [0.2, 0.25) is 0 Å². The van der Waals surface area contributed by atoms with Crippen LogP contribution >= 0.6 is 0 Å². The molecule has 0 atom stereocenters. The first-order valence-corrected chi connectivity index (χ1v) is 11.9. The summed E-state index contributed by atoms with van der Waals surface area (Å²) in [4.78, 5) is 15.8. The highest BCUT2D eigenvalue weighted by molar-refractivity contribution is 7.89. The Bertz CT molecular complexity index is 1210. The monoisotopic (exact) mass is 456 g/mol. The van der Waals surface area contributed by atoms with Crippen molar-refractivity contribution in [2.45, 2.75) is 50.8 Å². The number of sulfonamides is 1. The number of nitrogens with zero attached hydrogens (tertiary/aromatic N) is 1. The quantitative estimate of drug-likeness (QED) is 0.519. The van der Waals surface area contributed by atoms with E-state index in [1.165, 1.54) is 30.0 Å². The Morgan fingerprint density at radius 1 is 1.12 bits per heavy atom. The number of hydrogen-bond donors (Lipinski definition) is 2. The minimum atomic E-state index is -3.85. The molecule has 7 nitrogen and oxygen atoms in total. The standard InChI is InChI=1S/C24H28N2O5S/c1-5-16-8-11-20(14-21(16)23(27)28)32(29,30)25-13-12-19-15-31-22(26-19)17-6-9-18(10-7-17)24(2,3)4/h6-11,14-15,25H,5,12-13H2,1-4H3,(H,27,28). The Hall–Kier alpha value is -2.97. The summed E-state index contributed by atoms with van der Waals surface area (Å²) in [6, 6.07) is 12.2. The van der Waals surface area contributed by atoms with E-state index in [1.54, 1.807) is 0 Å². The normalized spacial score (nSPS) is 12.1. The molecule has 0 unspecified atom stereocenters. The van der Waals surface area contributed by atoms with E-state index in [9.17, 15) is 18.3 Å². The Kier molecular flexibility index (Phi) is 6.85. The summed E-state index contributed by atoms with van der Waals surface area (Å²) < 4.78 is 33.2. The molecule has 0 spiro atoms. The molecular formula is C24H28N2O5S. The maximum Gasteiger partial charge on any atom is 0.336 e. The number of hydrogen-bond acceptors (Lipinski definition) is 5. The summed E-state index contributed by atoms with van der Waals surface area (Å²) in [6.45, 7) is 8.36. The fourth-order valence-electron chi connectivity index (χ4n) is 3.29. The second kappa shape index (κ2) is 9.26. The summed E-state index contributed by atoms with van der Waals surface area (Å²) in [5.74, 6) is -0.672. The van der Waals surface area contributed by atoms with Crippen LogP contribution in [0.4, 0.5) is 0 Å². The van der Waals surface area contributed by atoms with Crippen molar-refractivity contribution >= 4 is 16.0 Å². The number of aromatic carboxylic acids is 1. The van der Waals surface area contributed by atoms with E-state index in [0.29, 0.717) is 30.0 Å². The maximum absolute atomic E-state index is 12.6. The average Bonchev–Trinajstić information content (AvgIpc) is 3.21.